The van der Waals surface area contributed by atoms with Crippen molar-refractivity contribution in [3.8, 4) is 22.8 Å². The van der Waals surface area contributed by atoms with Crippen LogP contribution in [0.15, 0.2) is 61.1 Å². The number of halogens is 1. The number of aromatic nitrogens is 2. The van der Waals surface area contributed by atoms with Crippen LogP contribution in [0.25, 0.3) is 11.3 Å². The molecule has 0 N–H and O–H groups in total. The molecule has 0 bridgehead atoms. The van der Waals surface area contributed by atoms with E-state index in [2.05, 4.69) is 24.0 Å². The van der Waals surface area contributed by atoms with Gasteiger partial charge in [0, 0.05) is 17.2 Å². The first-order chi connectivity index (χ1) is 12.6. The number of ether oxygens (including phenoxy) is 2. The summed E-state index contributed by atoms with van der Waals surface area (Å²) >= 11 is 0. The van der Waals surface area contributed by atoms with E-state index in [-0.39, 0.29) is 29.3 Å². The lowest BCUT2D eigenvalue weighted by molar-refractivity contribution is -0.686. The molecule has 0 saturated heterocycles. The normalized spacial score (nSPS) is 10.0. The number of Topliss-reactive ketones (excluding diaryl/α,β-unsaturated/α-hetero) is 1. The van der Waals surface area contributed by atoms with Crippen LogP contribution >= 0.6 is 0 Å². The smallest absolute Gasteiger partial charge is 0.287 e. The molecule has 0 aliphatic rings. The summed E-state index contributed by atoms with van der Waals surface area (Å²) in [6.45, 7) is 2.26. The van der Waals surface area contributed by atoms with Crippen molar-refractivity contribution in [1.82, 2.24) is 4.98 Å². The molecule has 0 radical (unpaired) electrons. The molecule has 0 aliphatic carbocycles. The number of hydrogen-bond acceptors (Lipinski definition) is 4. The zero-order valence-corrected chi connectivity index (χ0v) is 17.1. The van der Waals surface area contributed by atoms with Crippen molar-refractivity contribution in [2.24, 2.45) is 0 Å². The fourth-order valence-corrected chi connectivity index (χ4v) is 2.64. The highest BCUT2D eigenvalue weighted by Crippen LogP contribution is 2.27. The molecule has 0 aliphatic heterocycles. The first-order valence-electron chi connectivity index (χ1n) is 8.28. The molecule has 27 heavy (non-hydrogen) atoms. The zero-order chi connectivity index (χ0) is 18.5. The molecule has 2 aromatic carbocycles. The predicted molar refractivity (Wildman–Crippen MR) is 98.5 cm³/mol. The van der Waals surface area contributed by atoms with Crippen LogP contribution in [-0.4, -0.2) is 25.0 Å². The van der Waals surface area contributed by atoms with Crippen LogP contribution in [0.3, 0.4) is 0 Å². The van der Waals surface area contributed by atoms with Crippen LogP contribution in [-0.2, 0) is 6.54 Å². The molecule has 3 aromatic rings. The van der Waals surface area contributed by atoms with Gasteiger partial charge in [0.2, 0.25) is 5.78 Å². The second kappa shape index (κ2) is 9.28. The van der Waals surface area contributed by atoms with Gasteiger partial charge in [0.1, 0.15) is 0 Å². The highest BCUT2D eigenvalue weighted by Gasteiger charge is 2.14. The number of ketones is 1. The molecule has 0 unspecified atom stereocenters. The Morgan fingerprint density at radius 3 is 2.30 bits per heavy atom. The Balaban J connectivity index is 0.00000261. The van der Waals surface area contributed by atoms with Crippen LogP contribution in [0.5, 0.6) is 11.5 Å². The largest absolute Gasteiger partial charge is 1.00 e. The van der Waals surface area contributed by atoms with Gasteiger partial charge in [0.15, 0.2) is 23.7 Å². The van der Waals surface area contributed by atoms with E-state index in [1.165, 1.54) is 5.56 Å². The Morgan fingerprint density at radius 1 is 1.00 bits per heavy atom. The van der Waals surface area contributed by atoms with E-state index in [9.17, 15) is 4.79 Å². The van der Waals surface area contributed by atoms with Crippen LogP contribution in [0.4, 0.5) is 0 Å². The fourth-order valence-electron chi connectivity index (χ4n) is 2.64. The number of nitrogens with zero attached hydrogens (tertiary/aromatic N) is 2. The number of hydrogen-bond donors (Lipinski definition) is 0. The fraction of sp³-hybridized carbons (Fsp3) is 0.190. The summed E-state index contributed by atoms with van der Waals surface area (Å²) < 4.78 is 12.2. The summed E-state index contributed by atoms with van der Waals surface area (Å²) in [5.74, 6) is 1.11. The third-order valence-electron chi connectivity index (χ3n) is 4.15. The average molecular weight is 429 g/mol. The van der Waals surface area contributed by atoms with Crippen molar-refractivity contribution in [3.63, 3.8) is 0 Å². The highest BCUT2D eigenvalue weighted by molar-refractivity contribution is 5.95. The topological polar surface area (TPSA) is 52.3 Å². The molecule has 0 saturated carbocycles. The van der Waals surface area contributed by atoms with E-state index in [1.807, 2.05) is 24.4 Å². The lowest BCUT2D eigenvalue weighted by atomic mass is 10.1. The van der Waals surface area contributed by atoms with E-state index in [1.54, 1.807) is 43.3 Å². The Hall–Kier alpha value is -2.73. The van der Waals surface area contributed by atoms with E-state index in [4.69, 9.17) is 9.47 Å². The van der Waals surface area contributed by atoms with Crippen LogP contribution in [0.2, 0.25) is 0 Å². The van der Waals surface area contributed by atoms with Crippen molar-refractivity contribution in [3.05, 3.63) is 72.2 Å². The van der Waals surface area contributed by atoms with Crippen molar-refractivity contribution in [2.75, 3.05) is 14.2 Å². The monoisotopic (exact) mass is 428 g/mol. The van der Waals surface area contributed by atoms with Crippen LogP contribution in [0, 0.1) is 6.92 Å². The number of aryl methyl sites for hydroxylation is 1. The SMILES string of the molecule is COc1ccc(C(=O)C[n+]2ccc(-c3ccc(C)cc3)nc2)cc1OC.[Br-]. The van der Waals surface area contributed by atoms with Gasteiger partial charge in [-0.3, -0.25) is 4.79 Å². The van der Waals surface area contributed by atoms with Gasteiger partial charge in [-0.15, -0.1) is 0 Å². The molecule has 5 nitrogen and oxygen atoms in total. The lowest BCUT2D eigenvalue weighted by Crippen LogP contribution is -3.00. The number of carbonyl (C=O) groups is 1. The third kappa shape index (κ3) is 4.92. The van der Waals surface area contributed by atoms with E-state index in [0.717, 1.165) is 11.3 Å². The maximum atomic E-state index is 12.5. The number of methoxy groups -OCH3 is 2. The lowest BCUT2D eigenvalue weighted by Gasteiger charge is -2.08. The Kier molecular flexibility index (Phi) is 7.07. The Morgan fingerprint density at radius 2 is 1.70 bits per heavy atom. The number of rotatable bonds is 6. The van der Waals surface area contributed by atoms with Gasteiger partial charge < -0.3 is 26.5 Å². The van der Waals surface area contributed by atoms with Crippen LogP contribution < -0.4 is 31.0 Å². The van der Waals surface area contributed by atoms with E-state index < -0.39 is 0 Å². The summed E-state index contributed by atoms with van der Waals surface area (Å²) in [6.07, 6.45) is 3.54. The van der Waals surface area contributed by atoms with Crippen molar-refractivity contribution in [2.45, 2.75) is 13.5 Å². The van der Waals surface area contributed by atoms with Gasteiger partial charge in [-0.2, -0.15) is 0 Å². The van der Waals surface area contributed by atoms with Gasteiger partial charge in [-0.1, -0.05) is 29.8 Å². The molecular weight excluding hydrogens is 408 g/mol. The number of benzene rings is 2. The minimum absolute atomic E-state index is 0. The molecule has 1 aromatic heterocycles. The summed E-state index contributed by atoms with van der Waals surface area (Å²) in [4.78, 5) is 17.0. The van der Waals surface area contributed by atoms with E-state index in [0.29, 0.717) is 17.1 Å². The molecule has 6 heteroatoms. The summed E-state index contributed by atoms with van der Waals surface area (Å²) in [5, 5.41) is 0. The standard InChI is InChI=1S/C21H21N2O3.BrH/c1-15-4-6-16(7-5-15)18-10-11-23(14-22-18)13-19(24)17-8-9-20(25-2)21(12-17)26-3;/h4-12,14H,13H2,1-3H3;1H/q+1;/p-1. The first kappa shape index (κ1) is 20.6. The van der Waals surface area contributed by atoms with Gasteiger partial charge in [-0.05, 0) is 30.1 Å². The maximum absolute atomic E-state index is 12.5. The highest BCUT2D eigenvalue weighted by atomic mass is 79.9. The zero-order valence-electron chi connectivity index (χ0n) is 15.5. The predicted octanol–water partition coefficient (Wildman–Crippen LogP) is 0.249. The van der Waals surface area contributed by atoms with Gasteiger partial charge >= 0.3 is 0 Å². The van der Waals surface area contributed by atoms with Crippen molar-refractivity contribution < 1.29 is 35.8 Å². The van der Waals surface area contributed by atoms with Gasteiger partial charge in [0.25, 0.3) is 6.33 Å². The summed E-state index contributed by atoms with van der Waals surface area (Å²) in [5.41, 5.74) is 3.70. The minimum Gasteiger partial charge on any atom is -1.00 e. The molecule has 140 valence electrons. The quantitative estimate of drug-likeness (QED) is 0.417. The van der Waals surface area contributed by atoms with E-state index >= 15 is 0 Å². The molecule has 0 fully saturated rings. The molecule has 1 heterocycles. The minimum atomic E-state index is -0.0270. The van der Waals surface area contributed by atoms with Crippen molar-refractivity contribution >= 4 is 5.78 Å². The van der Waals surface area contributed by atoms with Crippen molar-refractivity contribution in [1.29, 1.82) is 0 Å². The maximum Gasteiger partial charge on any atom is 0.287 e. The Bertz CT molecular complexity index is 910. The first-order valence-corrected chi connectivity index (χ1v) is 8.28. The number of carbonyl (C=O) groups excluding carboxylic acids is 1. The Labute approximate surface area is 169 Å². The summed E-state index contributed by atoms with van der Waals surface area (Å²) in [6, 6.07) is 15.3. The third-order valence-corrected chi connectivity index (χ3v) is 4.15. The average Bonchev–Trinajstić information content (AvgIpc) is 2.68. The van der Waals surface area contributed by atoms with Crippen LogP contribution in [0.1, 0.15) is 15.9 Å². The molecule has 0 amide bonds. The molecule has 0 atom stereocenters. The molecule has 0 spiro atoms. The molecular formula is C21H21BrN2O3. The van der Waals surface area contributed by atoms with Gasteiger partial charge in [0.05, 0.1) is 20.4 Å². The second-order valence-corrected chi connectivity index (χ2v) is 5.98. The second-order valence-electron chi connectivity index (χ2n) is 5.98. The summed E-state index contributed by atoms with van der Waals surface area (Å²) in [7, 11) is 3.12. The molecule has 3 rings (SSSR count). The van der Waals surface area contributed by atoms with Gasteiger partial charge in [-0.25, -0.2) is 4.57 Å².